The van der Waals surface area contributed by atoms with E-state index in [1.807, 2.05) is 0 Å². The van der Waals surface area contributed by atoms with Crippen LogP contribution in [0.2, 0.25) is 0 Å². The van der Waals surface area contributed by atoms with Gasteiger partial charge in [-0.1, -0.05) is 0 Å². The lowest BCUT2D eigenvalue weighted by atomic mass is 10.1. The van der Waals surface area contributed by atoms with Gasteiger partial charge in [0.25, 0.3) is 0 Å². The van der Waals surface area contributed by atoms with Crippen LogP contribution in [0.4, 0.5) is 0 Å². The summed E-state index contributed by atoms with van der Waals surface area (Å²) in [5.41, 5.74) is 0. The van der Waals surface area contributed by atoms with Crippen LogP contribution in [0, 0.1) is 17.2 Å². The Morgan fingerprint density at radius 2 is 2.17 bits per heavy atom. The van der Waals surface area contributed by atoms with Crippen molar-refractivity contribution in [1.82, 2.24) is 9.62 Å². The Labute approximate surface area is 107 Å². The summed E-state index contributed by atoms with van der Waals surface area (Å²) in [6, 6.07) is 1.48. The molecule has 0 radical (unpaired) electrons. The Morgan fingerprint density at radius 3 is 2.78 bits per heavy atom. The van der Waals surface area contributed by atoms with E-state index in [1.54, 1.807) is 6.92 Å². The lowest BCUT2D eigenvalue weighted by Crippen LogP contribution is -2.57. The number of amides is 1. The second kappa shape index (κ2) is 4.86. The Hall–Kier alpha value is -1.13. The van der Waals surface area contributed by atoms with E-state index in [2.05, 4.69) is 11.4 Å². The maximum atomic E-state index is 12.4. The smallest absolute Gasteiger partial charge is 0.238 e. The molecule has 1 heterocycles. The minimum atomic E-state index is -3.47. The van der Waals surface area contributed by atoms with Crippen molar-refractivity contribution < 1.29 is 13.2 Å². The van der Waals surface area contributed by atoms with Crippen molar-refractivity contribution >= 4 is 15.9 Å². The third-order valence-electron chi connectivity index (χ3n) is 3.76. The first kappa shape index (κ1) is 13.3. The van der Waals surface area contributed by atoms with E-state index in [4.69, 9.17) is 5.26 Å². The summed E-state index contributed by atoms with van der Waals surface area (Å²) in [7, 11) is -3.47. The maximum Gasteiger partial charge on any atom is 0.238 e. The van der Waals surface area contributed by atoms with Crippen LogP contribution in [0.1, 0.15) is 26.2 Å². The van der Waals surface area contributed by atoms with Gasteiger partial charge in [0.05, 0.1) is 11.3 Å². The van der Waals surface area contributed by atoms with E-state index < -0.39 is 21.3 Å². The second-order valence-electron chi connectivity index (χ2n) is 4.88. The number of hydrogen-bond donors (Lipinski definition) is 1. The van der Waals surface area contributed by atoms with Crippen molar-refractivity contribution in [2.75, 3.05) is 13.1 Å². The standard InChI is InChI=1S/C11H17N3O3S/c1-8-11(15)13-4-5-14(8)18(16,17)10-3-2-9(6-10)7-12/h8-10H,2-6H2,1H3,(H,13,15). The largest absolute Gasteiger partial charge is 0.353 e. The predicted octanol–water partition coefficient (Wildman–Crippen LogP) is -0.171. The fourth-order valence-corrected chi connectivity index (χ4v) is 4.80. The van der Waals surface area contributed by atoms with Crippen molar-refractivity contribution in [2.24, 2.45) is 5.92 Å². The zero-order valence-electron chi connectivity index (χ0n) is 10.3. The summed E-state index contributed by atoms with van der Waals surface area (Å²) in [5, 5.41) is 11.0. The first-order valence-electron chi connectivity index (χ1n) is 6.15. The molecule has 1 saturated carbocycles. The van der Waals surface area contributed by atoms with Crippen molar-refractivity contribution in [3.05, 3.63) is 0 Å². The van der Waals surface area contributed by atoms with Crippen molar-refractivity contribution in [2.45, 2.75) is 37.5 Å². The van der Waals surface area contributed by atoms with Gasteiger partial charge in [-0.3, -0.25) is 4.79 Å². The quantitative estimate of drug-likeness (QED) is 0.755. The van der Waals surface area contributed by atoms with E-state index in [1.165, 1.54) is 4.31 Å². The van der Waals surface area contributed by atoms with Crippen LogP contribution in [0.15, 0.2) is 0 Å². The van der Waals surface area contributed by atoms with Crippen LogP contribution in [0.3, 0.4) is 0 Å². The monoisotopic (exact) mass is 271 g/mol. The molecular formula is C11H17N3O3S. The van der Waals surface area contributed by atoms with Gasteiger partial charge in [-0.05, 0) is 26.2 Å². The summed E-state index contributed by atoms with van der Waals surface area (Å²) in [6.07, 6.45) is 1.55. The summed E-state index contributed by atoms with van der Waals surface area (Å²) in [4.78, 5) is 11.5. The van der Waals surface area contributed by atoms with Gasteiger partial charge in [0.2, 0.25) is 15.9 Å². The van der Waals surface area contributed by atoms with Crippen LogP contribution in [-0.4, -0.2) is 43.0 Å². The Balaban J connectivity index is 2.16. The predicted molar refractivity (Wildman–Crippen MR) is 64.8 cm³/mol. The third kappa shape index (κ3) is 2.22. The van der Waals surface area contributed by atoms with E-state index in [0.29, 0.717) is 32.4 Å². The summed E-state index contributed by atoms with van der Waals surface area (Å²) >= 11 is 0. The molecule has 1 saturated heterocycles. The molecule has 100 valence electrons. The molecule has 0 aromatic carbocycles. The van der Waals surface area contributed by atoms with E-state index in [0.717, 1.165) is 0 Å². The van der Waals surface area contributed by atoms with Crippen LogP contribution >= 0.6 is 0 Å². The number of hydrogen-bond acceptors (Lipinski definition) is 4. The molecule has 1 N–H and O–H groups in total. The molecular weight excluding hydrogens is 254 g/mol. The average Bonchev–Trinajstić information content (AvgIpc) is 2.81. The van der Waals surface area contributed by atoms with Crippen LogP contribution in [0.5, 0.6) is 0 Å². The number of nitrogens with one attached hydrogen (secondary N) is 1. The van der Waals surface area contributed by atoms with E-state index in [-0.39, 0.29) is 11.8 Å². The van der Waals surface area contributed by atoms with Crippen LogP contribution in [0.25, 0.3) is 0 Å². The lowest BCUT2D eigenvalue weighted by molar-refractivity contribution is -0.126. The molecule has 0 aromatic rings. The van der Waals surface area contributed by atoms with Crippen molar-refractivity contribution in [3.8, 4) is 6.07 Å². The molecule has 1 aliphatic heterocycles. The fraction of sp³-hybridized carbons (Fsp3) is 0.818. The molecule has 2 fully saturated rings. The normalized spacial score (nSPS) is 34.0. The molecule has 3 atom stereocenters. The van der Waals surface area contributed by atoms with Gasteiger partial charge >= 0.3 is 0 Å². The number of nitriles is 1. The highest BCUT2D eigenvalue weighted by molar-refractivity contribution is 7.89. The molecule has 0 spiro atoms. The summed E-state index contributed by atoms with van der Waals surface area (Å²) < 4.78 is 26.2. The number of piperazine rings is 1. The topological polar surface area (TPSA) is 90.3 Å². The lowest BCUT2D eigenvalue weighted by Gasteiger charge is -2.33. The van der Waals surface area contributed by atoms with E-state index in [9.17, 15) is 13.2 Å². The molecule has 0 aromatic heterocycles. The fourth-order valence-electron chi connectivity index (χ4n) is 2.63. The Bertz CT molecular complexity index is 482. The SMILES string of the molecule is CC1C(=O)NCCN1S(=O)(=O)C1CCC(C#N)C1. The average molecular weight is 271 g/mol. The minimum Gasteiger partial charge on any atom is -0.353 e. The molecule has 18 heavy (non-hydrogen) atoms. The highest BCUT2D eigenvalue weighted by atomic mass is 32.2. The van der Waals surface area contributed by atoms with Crippen molar-refractivity contribution in [1.29, 1.82) is 5.26 Å². The number of carbonyl (C=O) groups excluding carboxylic acids is 1. The molecule has 2 aliphatic rings. The molecule has 1 aliphatic carbocycles. The Morgan fingerprint density at radius 1 is 1.44 bits per heavy atom. The zero-order valence-corrected chi connectivity index (χ0v) is 11.1. The van der Waals surface area contributed by atoms with Crippen molar-refractivity contribution in [3.63, 3.8) is 0 Å². The highest BCUT2D eigenvalue weighted by Crippen LogP contribution is 2.32. The molecule has 3 unspecified atom stereocenters. The number of carbonyl (C=O) groups is 1. The number of nitrogens with zero attached hydrogens (tertiary/aromatic N) is 2. The van der Waals surface area contributed by atoms with Crippen LogP contribution in [-0.2, 0) is 14.8 Å². The van der Waals surface area contributed by atoms with Gasteiger partial charge in [0.1, 0.15) is 6.04 Å². The summed E-state index contributed by atoms with van der Waals surface area (Å²) in [5.74, 6) is -0.418. The number of rotatable bonds is 2. The van der Waals surface area contributed by atoms with Gasteiger partial charge in [-0.15, -0.1) is 0 Å². The molecule has 0 bridgehead atoms. The molecule has 2 rings (SSSR count). The maximum absolute atomic E-state index is 12.4. The third-order valence-corrected chi connectivity index (χ3v) is 6.18. The highest BCUT2D eigenvalue weighted by Gasteiger charge is 2.42. The second-order valence-corrected chi connectivity index (χ2v) is 7.05. The minimum absolute atomic E-state index is 0.168. The van der Waals surface area contributed by atoms with Gasteiger partial charge in [-0.2, -0.15) is 9.57 Å². The first-order chi connectivity index (χ1) is 8.46. The molecule has 7 heteroatoms. The van der Waals surface area contributed by atoms with Gasteiger partial charge in [0.15, 0.2) is 0 Å². The van der Waals surface area contributed by atoms with Gasteiger partial charge in [0, 0.05) is 19.0 Å². The summed E-state index contributed by atoms with van der Waals surface area (Å²) in [6.45, 7) is 2.28. The van der Waals surface area contributed by atoms with Gasteiger partial charge in [-0.25, -0.2) is 8.42 Å². The molecule has 1 amide bonds. The molecule has 6 nitrogen and oxygen atoms in total. The van der Waals surface area contributed by atoms with Gasteiger partial charge < -0.3 is 5.32 Å². The number of sulfonamides is 1. The Kier molecular flexibility index (Phi) is 3.59. The first-order valence-corrected chi connectivity index (χ1v) is 7.65. The van der Waals surface area contributed by atoms with Crippen LogP contribution < -0.4 is 5.32 Å². The zero-order chi connectivity index (χ0) is 13.3. The van der Waals surface area contributed by atoms with E-state index >= 15 is 0 Å².